The summed E-state index contributed by atoms with van der Waals surface area (Å²) in [5, 5.41) is 12.9. The zero-order valence-corrected chi connectivity index (χ0v) is 12.4. The van der Waals surface area contributed by atoms with Crippen LogP contribution >= 0.6 is 0 Å². The highest BCUT2D eigenvalue weighted by molar-refractivity contribution is 5.66. The Labute approximate surface area is 125 Å². The third kappa shape index (κ3) is 4.54. The Kier molecular flexibility index (Phi) is 4.55. The summed E-state index contributed by atoms with van der Waals surface area (Å²) in [5.74, 6) is 0.197. The maximum Gasteiger partial charge on any atom is 0.305 e. The van der Waals surface area contributed by atoms with Gasteiger partial charge in [0.1, 0.15) is 0 Å². The molecule has 0 aromatic carbocycles. The van der Waals surface area contributed by atoms with Crippen LogP contribution < -0.4 is 0 Å². The van der Waals surface area contributed by atoms with Gasteiger partial charge in [-0.25, -0.2) is 0 Å². The Hall–Kier alpha value is -1.40. The normalized spacial score (nSPS) is 20.8. The lowest BCUT2D eigenvalue weighted by Gasteiger charge is -2.34. The fourth-order valence-electron chi connectivity index (χ4n) is 2.87. The van der Waals surface area contributed by atoms with E-state index in [1.807, 2.05) is 12.4 Å². The lowest BCUT2D eigenvalue weighted by molar-refractivity contribution is -0.137. The third-order valence-electron chi connectivity index (χ3n) is 4.33. The van der Waals surface area contributed by atoms with Crippen LogP contribution in [0.3, 0.4) is 0 Å². The maximum absolute atomic E-state index is 10.6. The summed E-state index contributed by atoms with van der Waals surface area (Å²) in [6.07, 6.45) is 6.81. The summed E-state index contributed by atoms with van der Waals surface area (Å²) in [7, 11) is 0. The highest BCUT2D eigenvalue weighted by Gasteiger charge is 2.26. The SMILES string of the molecule is O=C(O)CCn1cc(CN2CCN(CC3CC3)CC2)cn1. The number of carboxylic acids is 1. The molecule has 1 saturated carbocycles. The predicted octanol–water partition coefficient (Wildman–Crippen LogP) is 0.885. The molecule has 1 N–H and O–H groups in total. The molecule has 1 saturated heterocycles. The van der Waals surface area contributed by atoms with Gasteiger partial charge >= 0.3 is 5.97 Å². The molecule has 1 aliphatic heterocycles. The molecule has 1 aliphatic carbocycles. The van der Waals surface area contributed by atoms with E-state index in [0.717, 1.165) is 25.6 Å². The van der Waals surface area contributed by atoms with Crippen LogP contribution in [0.25, 0.3) is 0 Å². The van der Waals surface area contributed by atoms with Crippen molar-refractivity contribution in [2.75, 3.05) is 32.7 Å². The van der Waals surface area contributed by atoms with Crippen LogP contribution in [-0.4, -0.2) is 63.4 Å². The van der Waals surface area contributed by atoms with E-state index in [9.17, 15) is 4.79 Å². The van der Waals surface area contributed by atoms with Gasteiger partial charge in [0.15, 0.2) is 0 Å². The van der Waals surface area contributed by atoms with Gasteiger partial charge in [0.2, 0.25) is 0 Å². The van der Waals surface area contributed by atoms with E-state index in [1.165, 1.54) is 38.0 Å². The summed E-state index contributed by atoms with van der Waals surface area (Å²) in [6.45, 7) is 7.24. The van der Waals surface area contributed by atoms with Gasteiger partial charge in [0.25, 0.3) is 0 Å². The average molecular weight is 292 g/mol. The molecule has 21 heavy (non-hydrogen) atoms. The molecule has 0 amide bonds. The first-order chi connectivity index (χ1) is 10.2. The molecule has 0 unspecified atom stereocenters. The first-order valence-electron chi connectivity index (χ1n) is 7.87. The van der Waals surface area contributed by atoms with Crippen LogP contribution in [0.5, 0.6) is 0 Å². The van der Waals surface area contributed by atoms with Gasteiger partial charge in [-0.2, -0.15) is 5.10 Å². The molecule has 0 spiro atoms. The van der Waals surface area contributed by atoms with Crippen molar-refractivity contribution in [3.8, 4) is 0 Å². The first-order valence-corrected chi connectivity index (χ1v) is 7.87. The Morgan fingerprint density at radius 3 is 2.62 bits per heavy atom. The maximum atomic E-state index is 10.6. The Bertz CT molecular complexity index is 476. The molecule has 6 nitrogen and oxygen atoms in total. The molecule has 116 valence electrons. The lowest BCUT2D eigenvalue weighted by atomic mass is 10.2. The largest absolute Gasteiger partial charge is 0.481 e. The second-order valence-electron chi connectivity index (χ2n) is 6.28. The summed E-state index contributed by atoms with van der Waals surface area (Å²) in [5.41, 5.74) is 1.18. The standard InChI is InChI=1S/C15H24N4O2/c20-15(21)3-4-19-12-14(9-16-19)11-18-7-5-17(6-8-18)10-13-1-2-13/h9,12-13H,1-8,10-11H2,(H,20,21). The summed E-state index contributed by atoms with van der Waals surface area (Å²) in [6, 6.07) is 0. The Morgan fingerprint density at radius 1 is 1.24 bits per heavy atom. The smallest absolute Gasteiger partial charge is 0.305 e. The molecule has 0 bridgehead atoms. The second kappa shape index (κ2) is 6.58. The molecule has 6 heteroatoms. The van der Waals surface area contributed by atoms with E-state index in [2.05, 4.69) is 14.9 Å². The first kappa shape index (κ1) is 14.5. The topological polar surface area (TPSA) is 61.6 Å². The number of aryl methyl sites for hydroxylation is 1. The number of piperazine rings is 1. The Balaban J connectivity index is 1.41. The van der Waals surface area contributed by atoms with Gasteiger partial charge in [-0.1, -0.05) is 0 Å². The number of nitrogens with zero attached hydrogens (tertiary/aromatic N) is 4. The molecule has 1 aromatic rings. The van der Waals surface area contributed by atoms with Crippen molar-refractivity contribution in [3.05, 3.63) is 18.0 Å². The van der Waals surface area contributed by atoms with Crippen LogP contribution in [0, 0.1) is 5.92 Å². The van der Waals surface area contributed by atoms with Crippen molar-refractivity contribution in [2.24, 2.45) is 5.92 Å². The molecule has 2 aliphatic rings. The zero-order chi connectivity index (χ0) is 14.7. The van der Waals surface area contributed by atoms with Crippen molar-refractivity contribution in [1.29, 1.82) is 0 Å². The number of carbonyl (C=O) groups is 1. The van der Waals surface area contributed by atoms with Crippen molar-refractivity contribution in [1.82, 2.24) is 19.6 Å². The molecular weight excluding hydrogens is 268 g/mol. The van der Waals surface area contributed by atoms with Crippen LogP contribution in [-0.2, 0) is 17.9 Å². The van der Waals surface area contributed by atoms with Crippen molar-refractivity contribution >= 4 is 5.97 Å². The van der Waals surface area contributed by atoms with Gasteiger partial charge in [-0.15, -0.1) is 0 Å². The van der Waals surface area contributed by atoms with Gasteiger partial charge < -0.3 is 10.0 Å². The monoisotopic (exact) mass is 292 g/mol. The van der Waals surface area contributed by atoms with Gasteiger partial charge in [-0.3, -0.25) is 14.4 Å². The molecule has 0 radical (unpaired) electrons. The van der Waals surface area contributed by atoms with Crippen molar-refractivity contribution in [3.63, 3.8) is 0 Å². The minimum Gasteiger partial charge on any atom is -0.481 e. The van der Waals surface area contributed by atoms with Crippen LogP contribution in [0.15, 0.2) is 12.4 Å². The van der Waals surface area contributed by atoms with Gasteiger partial charge in [-0.05, 0) is 18.8 Å². The molecule has 2 heterocycles. The second-order valence-corrected chi connectivity index (χ2v) is 6.28. The van der Waals surface area contributed by atoms with Gasteiger partial charge in [0, 0.05) is 51.0 Å². The summed E-state index contributed by atoms with van der Waals surface area (Å²) in [4.78, 5) is 15.6. The number of carboxylic acid groups (broad SMARTS) is 1. The van der Waals surface area contributed by atoms with Crippen molar-refractivity contribution < 1.29 is 9.90 Å². The highest BCUT2D eigenvalue weighted by Crippen LogP contribution is 2.29. The lowest BCUT2D eigenvalue weighted by Crippen LogP contribution is -2.46. The van der Waals surface area contributed by atoms with E-state index in [1.54, 1.807) is 4.68 Å². The van der Waals surface area contributed by atoms with E-state index < -0.39 is 5.97 Å². The summed E-state index contributed by atoms with van der Waals surface area (Å²) < 4.78 is 1.73. The molecule has 1 aromatic heterocycles. The number of hydrogen-bond donors (Lipinski definition) is 1. The molecule has 0 atom stereocenters. The molecule has 3 rings (SSSR count). The van der Waals surface area contributed by atoms with E-state index in [4.69, 9.17) is 5.11 Å². The highest BCUT2D eigenvalue weighted by atomic mass is 16.4. The number of aromatic nitrogens is 2. The third-order valence-corrected chi connectivity index (χ3v) is 4.33. The Morgan fingerprint density at radius 2 is 1.95 bits per heavy atom. The fraction of sp³-hybridized carbons (Fsp3) is 0.733. The van der Waals surface area contributed by atoms with Gasteiger partial charge in [0.05, 0.1) is 19.2 Å². The number of hydrogen-bond acceptors (Lipinski definition) is 4. The van der Waals surface area contributed by atoms with Crippen LogP contribution in [0.1, 0.15) is 24.8 Å². The molecular formula is C15H24N4O2. The van der Waals surface area contributed by atoms with E-state index >= 15 is 0 Å². The predicted molar refractivity (Wildman–Crippen MR) is 78.9 cm³/mol. The minimum absolute atomic E-state index is 0.126. The van der Waals surface area contributed by atoms with E-state index in [-0.39, 0.29) is 6.42 Å². The number of rotatable bonds is 7. The number of aliphatic carboxylic acids is 1. The quantitative estimate of drug-likeness (QED) is 0.808. The van der Waals surface area contributed by atoms with Crippen LogP contribution in [0.2, 0.25) is 0 Å². The zero-order valence-electron chi connectivity index (χ0n) is 12.4. The minimum atomic E-state index is -0.779. The van der Waals surface area contributed by atoms with Crippen molar-refractivity contribution in [2.45, 2.75) is 32.4 Å². The van der Waals surface area contributed by atoms with E-state index in [0.29, 0.717) is 6.54 Å². The molecule has 2 fully saturated rings. The van der Waals surface area contributed by atoms with Crippen LogP contribution in [0.4, 0.5) is 0 Å². The fourth-order valence-corrected chi connectivity index (χ4v) is 2.87. The summed E-state index contributed by atoms with van der Waals surface area (Å²) >= 11 is 0. The average Bonchev–Trinajstić information content (AvgIpc) is 3.16.